The fourth-order valence-corrected chi connectivity index (χ4v) is 2.71. The van der Waals surface area contributed by atoms with Gasteiger partial charge < -0.3 is 20.1 Å². The van der Waals surface area contributed by atoms with Crippen LogP contribution in [0.4, 0.5) is 4.79 Å². The van der Waals surface area contributed by atoms with Crippen LogP contribution in [0.1, 0.15) is 39.5 Å². The van der Waals surface area contributed by atoms with Crippen LogP contribution < -0.4 is 5.32 Å². The molecule has 0 aliphatic carbocycles. The van der Waals surface area contributed by atoms with E-state index < -0.39 is 12.1 Å². The quantitative estimate of drug-likeness (QED) is 0.744. The molecule has 1 aliphatic heterocycles. The zero-order chi connectivity index (χ0) is 15.0. The first-order chi connectivity index (χ1) is 9.55. The molecule has 0 spiro atoms. The van der Waals surface area contributed by atoms with Crippen LogP contribution in [0.5, 0.6) is 0 Å². The smallest absolute Gasteiger partial charge is 0.407 e. The van der Waals surface area contributed by atoms with Crippen LogP contribution in [-0.4, -0.2) is 54.4 Å². The molecule has 116 valence electrons. The van der Waals surface area contributed by atoms with Gasteiger partial charge in [-0.15, -0.1) is 0 Å². The third-order valence-corrected chi connectivity index (χ3v) is 3.50. The average Bonchev–Trinajstić information content (AvgIpc) is 2.35. The number of rotatable bonds is 7. The number of likely N-dealkylation sites (tertiary alicyclic amines) is 1. The molecular weight excluding hydrogens is 260 g/mol. The number of carbonyl (C=O) groups is 2. The molecule has 0 aromatic heterocycles. The number of aliphatic carboxylic acids is 1. The molecule has 20 heavy (non-hydrogen) atoms. The summed E-state index contributed by atoms with van der Waals surface area (Å²) in [7, 11) is 0. The van der Waals surface area contributed by atoms with Crippen molar-refractivity contribution in [1.29, 1.82) is 0 Å². The lowest BCUT2D eigenvalue weighted by atomic mass is 9.91. The van der Waals surface area contributed by atoms with Gasteiger partial charge in [0.1, 0.15) is 0 Å². The molecule has 1 aliphatic rings. The van der Waals surface area contributed by atoms with Gasteiger partial charge in [-0.3, -0.25) is 4.79 Å². The molecule has 2 N–H and O–H groups in total. The lowest BCUT2D eigenvalue weighted by molar-refractivity contribution is -0.138. The van der Waals surface area contributed by atoms with E-state index in [-0.39, 0.29) is 18.4 Å². The van der Waals surface area contributed by atoms with Gasteiger partial charge in [0.2, 0.25) is 0 Å². The standard InChI is InChI=1S/C14H26N2O4/c1-3-5-6-16-9-11(8-13(17)18)7-12(10-16)15-14(19)20-4-2/h11-12H,3-10H2,1-2H3,(H,15,19)(H,17,18). The maximum Gasteiger partial charge on any atom is 0.407 e. The molecule has 0 radical (unpaired) electrons. The second-order valence-corrected chi connectivity index (χ2v) is 5.37. The van der Waals surface area contributed by atoms with Crippen LogP contribution in [0.3, 0.4) is 0 Å². The zero-order valence-electron chi connectivity index (χ0n) is 12.4. The summed E-state index contributed by atoms with van der Waals surface area (Å²) in [6, 6.07) is -0.0241. The summed E-state index contributed by atoms with van der Waals surface area (Å²) in [5, 5.41) is 11.8. The highest BCUT2D eigenvalue weighted by molar-refractivity contribution is 5.68. The normalized spacial score (nSPS) is 23.3. The summed E-state index contributed by atoms with van der Waals surface area (Å²) in [4.78, 5) is 24.6. The number of nitrogens with one attached hydrogen (secondary N) is 1. The Morgan fingerprint density at radius 3 is 2.70 bits per heavy atom. The third-order valence-electron chi connectivity index (χ3n) is 3.50. The van der Waals surface area contributed by atoms with Crippen molar-refractivity contribution in [3.05, 3.63) is 0 Å². The van der Waals surface area contributed by atoms with Crippen LogP contribution >= 0.6 is 0 Å². The van der Waals surface area contributed by atoms with E-state index in [1.54, 1.807) is 6.92 Å². The Labute approximate surface area is 120 Å². The van der Waals surface area contributed by atoms with Gasteiger partial charge in [0, 0.05) is 25.6 Å². The number of unbranched alkanes of at least 4 members (excludes halogenated alkanes) is 1. The Bertz CT molecular complexity index is 322. The lowest BCUT2D eigenvalue weighted by Crippen LogP contribution is -2.51. The lowest BCUT2D eigenvalue weighted by Gasteiger charge is -2.37. The molecule has 2 atom stereocenters. The van der Waals surface area contributed by atoms with Gasteiger partial charge in [-0.1, -0.05) is 13.3 Å². The first-order valence-corrected chi connectivity index (χ1v) is 7.42. The van der Waals surface area contributed by atoms with Crippen LogP contribution in [0.15, 0.2) is 0 Å². The highest BCUT2D eigenvalue weighted by Crippen LogP contribution is 2.20. The molecule has 2 unspecified atom stereocenters. The molecule has 6 heteroatoms. The number of carbonyl (C=O) groups excluding carboxylic acids is 1. The number of nitrogens with zero attached hydrogens (tertiary/aromatic N) is 1. The number of carboxylic acid groups (broad SMARTS) is 1. The first kappa shape index (κ1) is 16.8. The fraction of sp³-hybridized carbons (Fsp3) is 0.857. The van der Waals surface area contributed by atoms with Gasteiger partial charge in [0.15, 0.2) is 0 Å². The second kappa shape index (κ2) is 8.79. The Morgan fingerprint density at radius 1 is 1.35 bits per heavy atom. The van der Waals surface area contributed by atoms with E-state index in [4.69, 9.17) is 9.84 Å². The predicted molar refractivity (Wildman–Crippen MR) is 75.7 cm³/mol. The minimum absolute atomic E-state index is 0.0241. The van der Waals surface area contributed by atoms with Crippen molar-refractivity contribution in [2.24, 2.45) is 5.92 Å². The van der Waals surface area contributed by atoms with E-state index >= 15 is 0 Å². The minimum Gasteiger partial charge on any atom is -0.481 e. The largest absolute Gasteiger partial charge is 0.481 e. The van der Waals surface area contributed by atoms with Crippen molar-refractivity contribution in [2.75, 3.05) is 26.2 Å². The van der Waals surface area contributed by atoms with E-state index in [1.807, 2.05) is 0 Å². The molecule has 0 bridgehead atoms. The van der Waals surface area contributed by atoms with Crippen molar-refractivity contribution in [2.45, 2.75) is 45.6 Å². The number of hydrogen-bond acceptors (Lipinski definition) is 4. The van der Waals surface area contributed by atoms with Gasteiger partial charge >= 0.3 is 12.1 Å². The van der Waals surface area contributed by atoms with Crippen LogP contribution in [0, 0.1) is 5.92 Å². The van der Waals surface area contributed by atoms with Gasteiger partial charge in [-0.05, 0) is 32.2 Å². The average molecular weight is 286 g/mol. The summed E-state index contributed by atoms with van der Waals surface area (Å²) in [6.45, 7) is 6.76. The molecule has 1 amide bonds. The molecular formula is C14H26N2O4. The van der Waals surface area contributed by atoms with Crippen molar-refractivity contribution >= 4 is 12.1 Å². The first-order valence-electron chi connectivity index (χ1n) is 7.42. The fourth-order valence-electron chi connectivity index (χ4n) is 2.71. The van der Waals surface area contributed by atoms with E-state index in [9.17, 15) is 9.59 Å². The molecule has 0 aromatic carbocycles. The van der Waals surface area contributed by atoms with Gasteiger partial charge in [0.05, 0.1) is 6.61 Å². The Balaban J connectivity index is 2.54. The van der Waals surface area contributed by atoms with E-state index in [0.29, 0.717) is 13.0 Å². The summed E-state index contributed by atoms with van der Waals surface area (Å²) < 4.78 is 4.89. The van der Waals surface area contributed by atoms with Crippen molar-refractivity contribution < 1.29 is 19.4 Å². The molecule has 0 saturated carbocycles. The topological polar surface area (TPSA) is 78.9 Å². The second-order valence-electron chi connectivity index (χ2n) is 5.37. The number of ether oxygens (including phenoxy) is 1. The van der Waals surface area contributed by atoms with E-state index in [2.05, 4.69) is 17.1 Å². The van der Waals surface area contributed by atoms with Gasteiger partial charge in [0.25, 0.3) is 0 Å². The Kier molecular flexibility index (Phi) is 7.36. The van der Waals surface area contributed by atoms with Crippen LogP contribution in [0.25, 0.3) is 0 Å². The molecule has 1 saturated heterocycles. The summed E-state index contributed by atoms with van der Waals surface area (Å²) in [5.41, 5.74) is 0. The number of amides is 1. The molecule has 1 heterocycles. The SMILES string of the molecule is CCCCN1CC(CC(=O)O)CC(NC(=O)OCC)C1. The van der Waals surface area contributed by atoms with E-state index in [0.717, 1.165) is 32.5 Å². The summed E-state index contributed by atoms with van der Waals surface area (Å²) in [6.07, 6.45) is 2.64. The highest BCUT2D eigenvalue weighted by atomic mass is 16.5. The summed E-state index contributed by atoms with van der Waals surface area (Å²) >= 11 is 0. The van der Waals surface area contributed by atoms with Crippen LogP contribution in [-0.2, 0) is 9.53 Å². The van der Waals surface area contributed by atoms with Crippen molar-refractivity contribution in [3.8, 4) is 0 Å². The minimum atomic E-state index is -0.776. The predicted octanol–water partition coefficient (Wildman–Crippen LogP) is 1.70. The maximum absolute atomic E-state index is 11.5. The number of hydrogen-bond donors (Lipinski definition) is 2. The van der Waals surface area contributed by atoms with Gasteiger partial charge in [-0.25, -0.2) is 4.79 Å². The van der Waals surface area contributed by atoms with Gasteiger partial charge in [-0.2, -0.15) is 0 Å². The molecule has 6 nitrogen and oxygen atoms in total. The molecule has 0 aromatic rings. The van der Waals surface area contributed by atoms with E-state index in [1.165, 1.54) is 0 Å². The maximum atomic E-state index is 11.5. The zero-order valence-corrected chi connectivity index (χ0v) is 12.4. The Morgan fingerprint density at radius 2 is 2.10 bits per heavy atom. The number of carboxylic acids is 1. The molecule has 1 rings (SSSR count). The third kappa shape index (κ3) is 6.23. The summed E-state index contributed by atoms with van der Waals surface area (Å²) in [5.74, 6) is -0.688. The monoisotopic (exact) mass is 286 g/mol. The molecule has 1 fully saturated rings. The number of piperidine rings is 1. The van der Waals surface area contributed by atoms with Crippen molar-refractivity contribution in [1.82, 2.24) is 10.2 Å². The van der Waals surface area contributed by atoms with Crippen LogP contribution in [0.2, 0.25) is 0 Å². The number of alkyl carbamates (subject to hydrolysis) is 1. The Hall–Kier alpha value is -1.30. The highest BCUT2D eigenvalue weighted by Gasteiger charge is 2.29. The van der Waals surface area contributed by atoms with Crippen molar-refractivity contribution in [3.63, 3.8) is 0 Å².